The molecule has 12 heteroatoms. The molecule has 0 aliphatic carbocycles. The smallest absolute Gasteiger partial charge is 0.261 e. The summed E-state index contributed by atoms with van der Waals surface area (Å²) in [5.41, 5.74) is 6.23. The highest BCUT2D eigenvalue weighted by atomic mass is 16.5. The maximum absolute atomic E-state index is 13.3. The van der Waals surface area contributed by atoms with Crippen LogP contribution in [0.25, 0.3) is 10.9 Å². The van der Waals surface area contributed by atoms with Gasteiger partial charge in [0.05, 0.1) is 69.0 Å². The number of aliphatic hydroxyl groups is 1. The van der Waals surface area contributed by atoms with Crippen LogP contribution in [0.2, 0.25) is 0 Å². The molecule has 1 fully saturated rings. The molecular formula is C35H45N5O7. The second-order valence-corrected chi connectivity index (χ2v) is 11.7. The molecule has 12 nitrogen and oxygen atoms in total. The van der Waals surface area contributed by atoms with Crippen LogP contribution in [0.3, 0.4) is 0 Å². The Bertz CT molecular complexity index is 1580. The number of hydrogen-bond acceptors (Lipinski definition) is 9. The molecule has 1 aliphatic rings. The van der Waals surface area contributed by atoms with Gasteiger partial charge in [-0.3, -0.25) is 19.0 Å². The lowest BCUT2D eigenvalue weighted by molar-refractivity contribution is -0.136. The average molecular weight is 648 g/mol. The van der Waals surface area contributed by atoms with Gasteiger partial charge in [0.15, 0.2) is 0 Å². The van der Waals surface area contributed by atoms with E-state index in [2.05, 4.69) is 22.1 Å². The number of carbonyl (C=O) groups excluding carboxylic acids is 2. The topological polar surface area (TPSA) is 158 Å². The summed E-state index contributed by atoms with van der Waals surface area (Å²) in [4.78, 5) is 44.4. The molecule has 1 atom stereocenters. The predicted octanol–water partition coefficient (Wildman–Crippen LogP) is 1.42. The number of piperidine rings is 1. The minimum Gasteiger partial charge on any atom is -0.388 e. The van der Waals surface area contributed by atoms with Crippen LogP contribution in [-0.2, 0) is 30.3 Å². The Kier molecular flexibility index (Phi) is 13.9. The van der Waals surface area contributed by atoms with Crippen molar-refractivity contribution in [2.24, 2.45) is 5.73 Å². The lowest BCUT2D eigenvalue weighted by Crippen LogP contribution is -2.49. The molecule has 0 saturated carbocycles. The highest BCUT2D eigenvalue weighted by molar-refractivity contribution is 5.79. The third-order valence-corrected chi connectivity index (χ3v) is 8.03. The highest BCUT2D eigenvalue weighted by Crippen LogP contribution is 2.26. The molecule has 0 bridgehead atoms. The van der Waals surface area contributed by atoms with E-state index in [0.717, 1.165) is 5.56 Å². The SMILES string of the molecule is C[C@H](CC(=O)N1CCC(O)(Cn2cnc3cc(C#CCNC(=O)COCCOCCOCCN)ccc3c2=O)CC1)c1ccccc1. The molecule has 1 saturated heterocycles. The Hall–Kier alpha value is -4.12. The minimum atomic E-state index is -1.12. The fourth-order valence-electron chi connectivity index (χ4n) is 5.31. The van der Waals surface area contributed by atoms with E-state index in [1.54, 1.807) is 23.1 Å². The second-order valence-electron chi connectivity index (χ2n) is 11.7. The molecule has 1 aromatic heterocycles. The van der Waals surface area contributed by atoms with Gasteiger partial charge in [-0.25, -0.2) is 4.98 Å². The largest absolute Gasteiger partial charge is 0.388 e. The monoisotopic (exact) mass is 647 g/mol. The Labute approximate surface area is 275 Å². The second kappa shape index (κ2) is 18.3. The maximum atomic E-state index is 13.3. The van der Waals surface area contributed by atoms with Crippen LogP contribution in [0, 0.1) is 11.8 Å². The number of ether oxygens (including phenoxy) is 3. The Morgan fingerprint density at radius 3 is 2.47 bits per heavy atom. The summed E-state index contributed by atoms with van der Waals surface area (Å²) < 4.78 is 17.2. The van der Waals surface area contributed by atoms with Gasteiger partial charge in [-0.05, 0) is 42.5 Å². The van der Waals surface area contributed by atoms with Crippen molar-refractivity contribution in [1.82, 2.24) is 19.8 Å². The van der Waals surface area contributed by atoms with Gasteiger partial charge < -0.3 is 35.3 Å². The summed E-state index contributed by atoms with van der Waals surface area (Å²) in [5.74, 6) is 5.75. The number of nitrogens with one attached hydrogen (secondary N) is 1. The Morgan fingerprint density at radius 1 is 1.04 bits per heavy atom. The standard InChI is InChI=1S/C35H45N5O7/c1-27(29-7-3-2-4-8-29)22-33(42)39-15-11-35(44,12-16-39)25-40-26-38-31-23-28(9-10-30(31)34(40)43)6-5-14-37-32(41)24-47-21-20-46-19-18-45-17-13-36/h2-4,7-10,23,26-27,44H,11-22,24-25,36H2,1H3,(H,37,41)/t27-/m1/s1. The average Bonchev–Trinajstić information content (AvgIpc) is 3.08. The van der Waals surface area contributed by atoms with E-state index < -0.39 is 5.60 Å². The quantitative estimate of drug-likeness (QED) is 0.155. The summed E-state index contributed by atoms with van der Waals surface area (Å²) in [5, 5.41) is 14.4. The van der Waals surface area contributed by atoms with Gasteiger partial charge >= 0.3 is 0 Å². The van der Waals surface area contributed by atoms with Crippen LogP contribution in [-0.4, -0.2) is 103 Å². The number of likely N-dealkylation sites (tertiary alicyclic amines) is 1. The number of rotatable bonds is 16. The van der Waals surface area contributed by atoms with Crippen LogP contribution in [0.4, 0.5) is 0 Å². The molecule has 47 heavy (non-hydrogen) atoms. The van der Waals surface area contributed by atoms with Crippen molar-refractivity contribution in [3.8, 4) is 11.8 Å². The van der Waals surface area contributed by atoms with Gasteiger partial charge in [-0.2, -0.15) is 0 Å². The van der Waals surface area contributed by atoms with Crippen molar-refractivity contribution < 1.29 is 28.9 Å². The number of aromatic nitrogens is 2. The number of benzene rings is 2. The van der Waals surface area contributed by atoms with E-state index >= 15 is 0 Å². The van der Waals surface area contributed by atoms with Crippen molar-refractivity contribution >= 4 is 22.7 Å². The van der Waals surface area contributed by atoms with Crippen molar-refractivity contribution in [2.75, 3.05) is 65.8 Å². The van der Waals surface area contributed by atoms with Crippen molar-refractivity contribution in [1.29, 1.82) is 0 Å². The van der Waals surface area contributed by atoms with Gasteiger partial charge in [0.25, 0.3) is 5.56 Å². The number of nitrogens with two attached hydrogens (primary N) is 1. The lowest BCUT2D eigenvalue weighted by Gasteiger charge is -2.38. The molecule has 0 radical (unpaired) electrons. The molecule has 4 N–H and O–H groups in total. The highest BCUT2D eigenvalue weighted by Gasteiger charge is 2.35. The van der Waals surface area contributed by atoms with Gasteiger partial charge in [0.2, 0.25) is 11.8 Å². The van der Waals surface area contributed by atoms with Crippen LogP contribution in [0.5, 0.6) is 0 Å². The molecule has 0 spiro atoms. The van der Waals surface area contributed by atoms with Crippen LogP contribution < -0.4 is 16.6 Å². The van der Waals surface area contributed by atoms with Gasteiger partial charge in [-0.1, -0.05) is 49.1 Å². The summed E-state index contributed by atoms with van der Waals surface area (Å²) in [6.07, 6.45) is 2.61. The number of hydrogen-bond donors (Lipinski definition) is 3. The molecule has 0 unspecified atom stereocenters. The summed E-state index contributed by atoms with van der Waals surface area (Å²) >= 11 is 0. The van der Waals surface area contributed by atoms with Crippen LogP contribution >= 0.6 is 0 Å². The zero-order chi connectivity index (χ0) is 33.5. The van der Waals surface area contributed by atoms with Crippen molar-refractivity contribution in [3.05, 3.63) is 76.3 Å². The molecule has 4 rings (SSSR count). The molecule has 2 heterocycles. The minimum absolute atomic E-state index is 0.0710. The molecule has 1 aliphatic heterocycles. The molecular weight excluding hydrogens is 602 g/mol. The summed E-state index contributed by atoms with van der Waals surface area (Å²) in [6.45, 7) is 5.57. The molecule has 252 valence electrons. The van der Waals surface area contributed by atoms with Crippen LogP contribution in [0.15, 0.2) is 59.7 Å². The molecule has 2 amide bonds. The predicted molar refractivity (Wildman–Crippen MR) is 178 cm³/mol. The van der Waals surface area contributed by atoms with Gasteiger partial charge in [0.1, 0.15) is 6.61 Å². The molecule has 3 aromatic rings. The van der Waals surface area contributed by atoms with E-state index in [4.69, 9.17) is 19.9 Å². The lowest BCUT2D eigenvalue weighted by atomic mass is 9.90. The van der Waals surface area contributed by atoms with Crippen molar-refractivity contribution in [2.45, 2.75) is 44.2 Å². The van der Waals surface area contributed by atoms with Crippen molar-refractivity contribution in [3.63, 3.8) is 0 Å². The van der Waals surface area contributed by atoms with E-state index in [9.17, 15) is 19.5 Å². The Morgan fingerprint density at radius 2 is 1.74 bits per heavy atom. The number of carbonyl (C=O) groups is 2. The van der Waals surface area contributed by atoms with Gasteiger partial charge in [-0.15, -0.1) is 0 Å². The first-order chi connectivity index (χ1) is 22.8. The Balaban J connectivity index is 1.20. The van der Waals surface area contributed by atoms with Crippen LogP contribution in [0.1, 0.15) is 43.2 Å². The first-order valence-corrected chi connectivity index (χ1v) is 16.0. The number of nitrogens with zero attached hydrogens (tertiary/aromatic N) is 3. The maximum Gasteiger partial charge on any atom is 0.261 e. The third-order valence-electron chi connectivity index (χ3n) is 8.03. The fourth-order valence-corrected chi connectivity index (χ4v) is 5.31. The third kappa shape index (κ3) is 11.3. The summed E-state index contributed by atoms with van der Waals surface area (Å²) in [7, 11) is 0. The fraction of sp³-hybridized carbons (Fsp3) is 0.486. The number of fused-ring (bicyclic) bond motifs is 1. The summed E-state index contributed by atoms with van der Waals surface area (Å²) in [6, 6.07) is 15.1. The van der Waals surface area contributed by atoms with E-state index in [1.807, 2.05) is 37.3 Å². The zero-order valence-corrected chi connectivity index (χ0v) is 27.0. The van der Waals surface area contributed by atoms with E-state index in [-0.39, 0.29) is 49.6 Å². The normalized spacial score (nSPS) is 14.7. The molecule has 2 aromatic carbocycles. The first-order valence-electron chi connectivity index (χ1n) is 16.0. The zero-order valence-electron chi connectivity index (χ0n) is 27.0. The van der Waals surface area contributed by atoms with Gasteiger partial charge in [0, 0.05) is 31.6 Å². The van der Waals surface area contributed by atoms with E-state index in [0.29, 0.717) is 81.8 Å². The number of amides is 2. The van der Waals surface area contributed by atoms with E-state index in [1.165, 1.54) is 10.9 Å². The first kappa shape index (κ1) is 35.7.